The maximum Gasteiger partial charge on any atom is 0.0160 e. The van der Waals surface area contributed by atoms with Crippen molar-refractivity contribution in [1.82, 2.24) is 5.32 Å². The molecule has 0 rings (SSSR count). The van der Waals surface area contributed by atoms with Crippen molar-refractivity contribution in [2.45, 2.75) is 99.6 Å². The molecule has 110 valence electrons. The molecular formula is C17H37N. The monoisotopic (exact) mass is 255 g/mol. The van der Waals surface area contributed by atoms with Gasteiger partial charge >= 0.3 is 0 Å². The topological polar surface area (TPSA) is 12.0 Å². The summed E-state index contributed by atoms with van der Waals surface area (Å²) < 4.78 is 0. The summed E-state index contributed by atoms with van der Waals surface area (Å²) in [5.41, 5.74) is 1.16. The molecule has 0 fully saturated rings. The van der Waals surface area contributed by atoms with E-state index in [9.17, 15) is 0 Å². The first-order valence-corrected chi connectivity index (χ1v) is 7.47. The lowest BCUT2D eigenvalue weighted by Crippen LogP contribution is -2.55. The number of hydrogen-bond donors (Lipinski definition) is 1. The standard InChI is InChI=1S/C17H37N/c1-11-17(10,13-15(5,6)7)18-16(8,9)12-14(2,3)4/h18H,11-13H2,1-10H3. The third kappa shape index (κ3) is 8.13. The van der Waals surface area contributed by atoms with Crippen LogP contribution in [0, 0.1) is 10.8 Å². The first-order valence-electron chi connectivity index (χ1n) is 7.47. The van der Waals surface area contributed by atoms with Crippen LogP contribution in [0.3, 0.4) is 0 Å². The third-order valence-corrected chi connectivity index (χ3v) is 3.31. The molecule has 0 heterocycles. The molecule has 1 heteroatoms. The molecule has 0 aliphatic carbocycles. The second-order valence-electron chi connectivity index (χ2n) is 9.40. The lowest BCUT2D eigenvalue weighted by Gasteiger charge is -2.44. The molecule has 1 nitrogen and oxygen atoms in total. The predicted molar refractivity (Wildman–Crippen MR) is 84.1 cm³/mol. The minimum atomic E-state index is 0.189. The molecule has 0 aromatic heterocycles. The van der Waals surface area contributed by atoms with Gasteiger partial charge in [0, 0.05) is 11.1 Å². The second kappa shape index (κ2) is 5.53. The summed E-state index contributed by atoms with van der Waals surface area (Å²) in [4.78, 5) is 0. The highest BCUT2D eigenvalue weighted by Crippen LogP contribution is 2.34. The summed E-state index contributed by atoms with van der Waals surface area (Å²) in [6.07, 6.45) is 3.58. The Hall–Kier alpha value is -0.0400. The molecule has 0 aliphatic rings. The lowest BCUT2D eigenvalue weighted by atomic mass is 9.75. The highest BCUT2D eigenvalue weighted by molar-refractivity contribution is 4.94. The molecule has 0 saturated carbocycles. The van der Waals surface area contributed by atoms with Crippen LogP contribution >= 0.6 is 0 Å². The Labute approximate surface area is 116 Å². The minimum absolute atomic E-state index is 0.189. The van der Waals surface area contributed by atoms with Crippen molar-refractivity contribution in [2.75, 3.05) is 0 Å². The van der Waals surface area contributed by atoms with Gasteiger partial charge in [0.05, 0.1) is 0 Å². The van der Waals surface area contributed by atoms with E-state index in [-0.39, 0.29) is 11.1 Å². The Morgan fingerprint density at radius 3 is 1.33 bits per heavy atom. The Morgan fingerprint density at radius 2 is 1.06 bits per heavy atom. The van der Waals surface area contributed by atoms with Gasteiger partial charge in [0.2, 0.25) is 0 Å². The number of nitrogens with one attached hydrogen (secondary N) is 1. The molecule has 0 bridgehead atoms. The Morgan fingerprint density at radius 1 is 0.667 bits per heavy atom. The van der Waals surface area contributed by atoms with Crippen LogP contribution in [0.25, 0.3) is 0 Å². The van der Waals surface area contributed by atoms with Crippen LogP contribution in [0.1, 0.15) is 88.5 Å². The molecule has 1 unspecified atom stereocenters. The van der Waals surface area contributed by atoms with Crippen LogP contribution in [-0.4, -0.2) is 11.1 Å². The van der Waals surface area contributed by atoms with Gasteiger partial charge in [0.1, 0.15) is 0 Å². The van der Waals surface area contributed by atoms with Gasteiger partial charge < -0.3 is 5.32 Å². The van der Waals surface area contributed by atoms with Gasteiger partial charge in [-0.05, 0) is 50.9 Å². The van der Waals surface area contributed by atoms with Crippen molar-refractivity contribution in [3.05, 3.63) is 0 Å². The zero-order valence-corrected chi connectivity index (χ0v) is 14.6. The molecule has 0 amide bonds. The maximum absolute atomic E-state index is 3.93. The van der Waals surface area contributed by atoms with Crippen LogP contribution in [0.15, 0.2) is 0 Å². The Bertz CT molecular complexity index is 252. The van der Waals surface area contributed by atoms with E-state index >= 15 is 0 Å². The van der Waals surface area contributed by atoms with Crippen LogP contribution in [0.5, 0.6) is 0 Å². The van der Waals surface area contributed by atoms with Gasteiger partial charge in [0.25, 0.3) is 0 Å². The Balaban J connectivity index is 4.80. The normalized spacial score (nSPS) is 17.7. The fourth-order valence-corrected chi connectivity index (χ4v) is 3.62. The van der Waals surface area contributed by atoms with E-state index in [1.807, 2.05) is 0 Å². The molecule has 0 spiro atoms. The minimum Gasteiger partial charge on any atom is -0.307 e. The van der Waals surface area contributed by atoms with Crippen molar-refractivity contribution in [3.63, 3.8) is 0 Å². The largest absolute Gasteiger partial charge is 0.307 e. The van der Waals surface area contributed by atoms with E-state index in [1.165, 1.54) is 19.3 Å². The van der Waals surface area contributed by atoms with Gasteiger partial charge in [-0.1, -0.05) is 48.5 Å². The SMILES string of the molecule is CCC(C)(CC(C)(C)C)NC(C)(C)CC(C)(C)C. The zero-order chi connectivity index (χ0) is 14.8. The average molecular weight is 255 g/mol. The highest BCUT2D eigenvalue weighted by atomic mass is 15.0. The quantitative estimate of drug-likeness (QED) is 0.694. The molecule has 0 aliphatic heterocycles. The molecule has 1 atom stereocenters. The molecule has 0 aromatic rings. The van der Waals surface area contributed by atoms with Crippen LogP contribution in [0.2, 0.25) is 0 Å². The van der Waals surface area contributed by atoms with Gasteiger partial charge in [0.15, 0.2) is 0 Å². The lowest BCUT2D eigenvalue weighted by molar-refractivity contribution is 0.139. The van der Waals surface area contributed by atoms with Crippen LogP contribution < -0.4 is 5.32 Å². The summed E-state index contributed by atoms with van der Waals surface area (Å²) in [5, 5.41) is 3.93. The molecule has 0 saturated heterocycles. The van der Waals surface area contributed by atoms with Gasteiger partial charge in [-0.2, -0.15) is 0 Å². The van der Waals surface area contributed by atoms with Crippen LogP contribution in [-0.2, 0) is 0 Å². The Kier molecular flexibility index (Phi) is 5.51. The van der Waals surface area contributed by atoms with E-state index in [4.69, 9.17) is 0 Å². The summed E-state index contributed by atoms with van der Waals surface area (Å²) in [6.45, 7) is 23.3. The van der Waals surface area contributed by atoms with E-state index in [2.05, 4.69) is 74.6 Å². The third-order valence-electron chi connectivity index (χ3n) is 3.31. The molecule has 0 radical (unpaired) electrons. The van der Waals surface area contributed by atoms with Crippen molar-refractivity contribution in [1.29, 1.82) is 0 Å². The van der Waals surface area contributed by atoms with E-state index in [0.29, 0.717) is 10.8 Å². The van der Waals surface area contributed by atoms with Crippen molar-refractivity contribution in [2.24, 2.45) is 10.8 Å². The van der Waals surface area contributed by atoms with E-state index in [1.54, 1.807) is 0 Å². The fourth-order valence-electron chi connectivity index (χ4n) is 3.62. The first kappa shape index (κ1) is 18.0. The summed E-state index contributed by atoms with van der Waals surface area (Å²) >= 11 is 0. The van der Waals surface area contributed by atoms with Crippen molar-refractivity contribution in [3.8, 4) is 0 Å². The first-order chi connectivity index (χ1) is 7.68. The highest BCUT2D eigenvalue weighted by Gasteiger charge is 2.35. The zero-order valence-electron chi connectivity index (χ0n) is 14.6. The van der Waals surface area contributed by atoms with E-state index < -0.39 is 0 Å². The van der Waals surface area contributed by atoms with Crippen LogP contribution in [0.4, 0.5) is 0 Å². The number of hydrogen-bond acceptors (Lipinski definition) is 1. The van der Waals surface area contributed by atoms with Gasteiger partial charge in [-0.3, -0.25) is 0 Å². The summed E-state index contributed by atoms with van der Waals surface area (Å²) in [7, 11) is 0. The summed E-state index contributed by atoms with van der Waals surface area (Å²) in [6, 6.07) is 0. The number of rotatable bonds is 5. The molecule has 18 heavy (non-hydrogen) atoms. The maximum atomic E-state index is 3.93. The van der Waals surface area contributed by atoms with Gasteiger partial charge in [-0.15, -0.1) is 0 Å². The summed E-state index contributed by atoms with van der Waals surface area (Å²) in [5.74, 6) is 0. The van der Waals surface area contributed by atoms with Crippen molar-refractivity contribution >= 4 is 0 Å². The van der Waals surface area contributed by atoms with E-state index in [0.717, 1.165) is 0 Å². The predicted octanol–water partition coefficient (Wildman–Crippen LogP) is 5.40. The molecular weight excluding hydrogens is 218 g/mol. The smallest absolute Gasteiger partial charge is 0.0160 e. The second-order valence-corrected chi connectivity index (χ2v) is 9.40. The molecule has 1 N–H and O–H groups in total. The average Bonchev–Trinajstić information content (AvgIpc) is 1.93. The van der Waals surface area contributed by atoms with Gasteiger partial charge in [-0.25, -0.2) is 0 Å². The molecule has 0 aromatic carbocycles. The van der Waals surface area contributed by atoms with Crippen molar-refractivity contribution < 1.29 is 0 Å². The fraction of sp³-hybridized carbons (Fsp3) is 1.00.